The Morgan fingerprint density at radius 3 is 3.33 bits per heavy atom. The van der Waals surface area contributed by atoms with Gasteiger partial charge in [-0.2, -0.15) is 0 Å². The van der Waals surface area contributed by atoms with Gasteiger partial charge in [-0.25, -0.2) is 0 Å². The lowest BCUT2D eigenvalue weighted by Crippen LogP contribution is -2.41. The molecule has 2 rings (SSSR count). The van der Waals surface area contributed by atoms with Gasteiger partial charge >= 0.3 is 0 Å². The van der Waals surface area contributed by atoms with Gasteiger partial charge in [0.05, 0.1) is 13.2 Å². The van der Waals surface area contributed by atoms with Crippen molar-refractivity contribution < 1.29 is 9.53 Å². The lowest BCUT2D eigenvalue weighted by molar-refractivity contribution is -0.126. The van der Waals surface area contributed by atoms with Gasteiger partial charge in [0, 0.05) is 6.04 Å². The van der Waals surface area contributed by atoms with Gasteiger partial charge in [0.2, 0.25) is 0 Å². The topological polar surface area (TPSA) is 38.3 Å². The summed E-state index contributed by atoms with van der Waals surface area (Å²) in [7, 11) is 0. The second kappa shape index (κ2) is 1.78. The van der Waals surface area contributed by atoms with Crippen LogP contribution in [0.3, 0.4) is 0 Å². The molecule has 2 aliphatic heterocycles. The summed E-state index contributed by atoms with van der Waals surface area (Å²) >= 11 is 0. The van der Waals surface area contributed by atoms with Gasteiger partial charge in [0.1, 0.15) is 6.10 Å². The Bertz CT molecular complexity index is 146. The van der Waals surface area contributed by atoms with Crippen molar-refractivity contribution in [2.45, 2.75) is 18.6 Å². The van der Waals surface area contributed by atoms with Gasteiger partial charge in [-0.05, 0) is 6.42 Å². The number of Topliss-reactive ketones (excluding diaryl/α,β-unsaturated/α-hetero) is 1. The monoisotopic (exact) mass is 127 g/mol. The fraction of sp³-hybridized carbons (Fsp3) is 0.833. The molecule has 0 amide bonds. The van der Waals surface area contributed by atoms with E-state index in [4.69, 9.17) is 4.74 Å². The third-order valence-electron chi connectivity index (χ3n) is 1.92. The SMILES string of the molecule is O=C1CNC2COC1C2. The van der Waals surface area contributed by atoms with E-state index in [0.717, 1.165) is 13.0 Å². The minimum atomic E-state index is -0.0729. The molecule has 2 aliphatic rings. The zero-order chi connectivity index (χ0) is 6.27. The lowest BCUT2D eigenvalue weighted by Gasteiger charge is -2.15. The van der Waals surface area contributed by atoms with Crippen molar-refractivity contribution in [1.82, 2.24) is 5.32 Å². The van der Waals surface area contributed by atoms with E-state index in [-0.39, 0.29) is 11.9 Å². The molecule has 3 heteroatoms. The molecule has 0 saturated carbocycles. The first kappa shape index (κ1) is 5.38. The van der Waals surface area contributed by atoms with Crippen molar-refractivity contribution in [2.24, 2.45) is 0 Å². The predicted octanol–water partition coefficient (Wildman–Crippen LogP) is -0.684. The van der Waals surface area contributed by atoms with Gasteiger partial charge in [-0.15, -0.1) is 0 Å². The van der Waals surface area contributed by atoms with Crippen molar-refractivity contribution in [1.29, 1.82) is 0 Å². The Morgan fingerprint density at radius 2 is 2.56 bits per heavy atom. The number of piperidine rings is 1. The molecule has 0 radical (unpaired) electrons. The van der Waals surface area contributed by atoms with E-state index in [1.165, 1.54) is 0 Å². The first-order chi connectivity index (χ1) is 4.36. The number of ether oxygens (including phenoxy) is 1. The largest absolute Gasteiger partial charge is 0.369 e. The van der Waals surface area contributed by atoms with Crippen LogP contribution >= 0.6 is 0 Å². The summed E-state index contributed by atoms with van der Waals surface area (Å²) in [6.07, 6.45) is 0.815. The highest BCUT2D eigenvalue weighted by Crippen LogP contribution is 2.17. The van der Waals surface area contributed by atoms with E-state index in [1.807, 2.05) is 0 Å². The normalized spacial score (nSPS) is 41.6. The number of fused-ring (bicyclic) bond motifs is 2. The number of nitrogens with one attached hydrogen (secondary N) is 1. The zero-order valence-corrected chi connectivity index (χ0v) is 5.09. The molecular formula is C6H9NO2. The average Bonchev–Trinajstić information content (AvgIpc) is 2.25. The van der Waals surface area contributed by atoms with Gasteiger partial charge in [-0.3, -0.25) is 4.79 Å². The van der Waals surface area contributed by atoms with Crippen LogP contribution < -0.4 is 5.32 Å². The third-order valence-corrected chi connectivity index (χ3v) is 1.92. The predicted molar refractivity (Wildman–Crippen MR) is 31.2 cm³/mol. The highest BCUT2D eigenvalue weighted by molar-refractivity contribution is 5.86. The van der Waals surface area contributed by atoms with Crippen LogP contribution in [0.2, 0.25) is 0 Å². The number of hydrogen-bond acceptors (Lipinski definition) is 3. The minimum Gasteiger partial charge on any atom is -0.369 e. The fourth-order valence-electron chi connectivity index (χ4n) is 1.35. The first-order valence-electron chi connectivity index (χ1n) is 3.24. The molecular weight excluding hydrogens is 118 g/mol. The van der Waals surface area contributed by atoms with Crippen molar-refractivity contribution >= 4 is 5.78 Å². The maximum absolute atomic E-state index is 10.9. The van der Waals surface area contributed by atoms with Crippen LogP contribution in [-0.2, 0) is 9.53 Å². The van der Waals surface area contributed by atoms with E-state index in [9.17, 15) is 4.79 Å². The molecule has 0 aromatic carbocycles. The Labute approximate surface area is 53.4 Å². The molecule has 2 fully saturated rings. The Morgan fingerprint density at radius 1 is 1.67 bits per heavy atom. The number of carbonyl (C=O) groups is 1. The molecule has 50 valence electrons. The lowest BCUT2D eigenvalue weighted by atomic mass is 10.1. The fourth-order valence-corrected chi connectivity index (χ4v) is 1.35. The molecule has 0 aromatic heterocycles. The van der Waals surface area contributed by atoms with Crippen molar-refractivity contribution in [3.63, 3.8) is 0 Å². The van der Waals surface area contributed by atoms with E-state index < -0.39 is 0 Å². The summed E-state index contributed by atoms with van der Waals surface area (Å²) in [6, 6.07) is 0.452. The van der Waals surface area contributed by atoms with E-state index >= 15 is 0 Å². The number of carbonyl (C=O) groups excluding carboxylic acids is 1. The van der Waals surface area contributed by atoms with Gasteiger partial charge in [0.15, 0.2) is 5.78 Å². The van der Waals surface area contributed by atoms with E-state index in [1.54, 1.807) is 0 Å². The standard InChI is InChI=1S/C6H9NO2/c8-5-2-7-4-1-6(5)9-3-4/h4,6-7H,1-3H2. The molecule has 2 heterocycles. The summed E-state index contributed by atoms with van der Waals surface area (Å²) in [5.74, 6) is 0.212. The minimum absolute atomic E-state index is 0.0729. The summed E-state index contributed by atoms with van der Waals surface area (Å²) in [6.45, 7) is 1.23. The number of hydrogen-bond donors (Lipinski definition) is 1. The molecule has 2 saturated heterocycles. The molecule has 3 nitrogen and oxygen atoms in total. The van der Waals surface area contributed by atoms with Gasteiger partial charge in [0.25, 0.3) is 0 Å². The molecule has 0 spiro atoms. The second-order valence-corrected chi connectivity index (χ2v) is 2.60. The third kappa shape index (κ3) is 0.767. The van der Waals surface area contributed by atoms with Crippen LogP contribution in [0.25, 0.3) is 0 Å². The molecule has 2 unspecified atom stereocenters. The van der Waals surface area contributed by atoms with Crippen LogP contribution in [0.4, 0.5) is 0 Å². The smallest absolute Gasteiger partial charge is 0.175 e. The van der Waals surface area contributed by atoms with E-state index in [0.29, 0.717) is 12.6 Å². The molecule has 1 N–H and O–H groups in total. The van der Waals surface area contributed by atoms with Crippen LogP contribution in [0.15, 0.2) is 0 Å². The van der Waals surface area contributed by atoms with Gasteiger partial charge in [-0.1, -0.05) is 0 Å². The Kier molecular flexibility index (Phi) is 1.07. The maximum Gasteiger partial charge on any atom is 0.175 e. The van der Waals surface area contributed by atoms with Crippen LogP contribution in [0.1, 0.15) is 6.42 Å². The van der Waals surface area contributed by atoms with Crippen molar-refractivity contribution in [2.75, 3.05) is 13.2 Å². The summed E-state index contributed by atoms with van der Waals surface area (Å²) < 4.78 is 5.18. The second-order valence-electron chi connectivity index (χ2n) is 2.60. The number of rotatable bonds is 0. The summed E-state index contributed by atoms with van der Waals surface area (Å²) in [5, 5.41) is 3.09. The quantitative estimate of drug-likeness (QED) is 0.468. The molecule has 9 heavy (non-hydrogen) atoms. The van der Waals surface area contributed by atoms with Gasteiger partial charge < -0.3 is 10.1 Å². The summed E-state index contributed by atoms with van der Waals surface area (Å²) in [5.41, 5.74) is 0. The highest BCUT2D eigenvalue weighted by atomic mass is 16.5. The number of ketones is 1. The molecule has 2 atom stereocenters. The molecule has 2 bridgehead atoms. The highest BCUT2D eigenvalue weighted by Gasteiger charge is 2.34. The van der Waals surface area contributed by atoms with Crippen LogP contribution in [-0.4, -0.2) is 31.1 Å². The maximum atomic E-state index is 10.9. The average molecular weight is 127 g/mol. The van der Waals surface area contributed by atoms with Crippen LogP contribution in [0, 0.1) is 0 Å². The molecule has 0 aromatic rings. The van der Waals surface area contributed by atoms with Crippen LogP contribution in [0.5, 0.6) is 0 Å². The van der Waals surface area contributed by atoms with Crippen molar-refractivity contribution in [3.8, 4) is 0 Å². The Hall–Kier alpha value is -0.410. The first-order valence-corrected chi connectivity index (χ1v) is 3.24. The van der Waals surface area contributed by atoms with E-state index in [2.05, 4.69) is 5.32 Å². The summed E-state index contributed by atoms with van der Waals surface area (Å²) in [4.78, 5) is 10.9. The van der Waals surface area contributed by atoms with Crippen molar-refractivity contribution in [3.05, 3.63) is 0 Å². The zero-order valence-electron chi connectivity index (χ0n) is 5.09. The molecule has 0 aliphatic carbocycles. The Balaban J connectivity index is 2.14.